The fraction of sp³-hybridized carbons (Fsp3) is 0.0476. The molecule has 0 aliphatic rings. The Morgan fingerprint density at radius 2 is 1.72 bits per heavy atom. The summed E-state index contributed by atoms with van der Waals surface area (Å²) in [6.07, 6.45) is 1.45. The summed E-state index contributed by atoms with van der Waals surface area (Å²) in [5, 5.41) is 5.20. The highest BCUT2D eigenvalue weighted by molar-refractivity contribution is 9.10. The number of benzene rings is 3. The summed E-state index contributed by atoms with van der Waals surface area (Å²) in [4.78, 5) is 12.1. The highest BCUT2D eigenvalue weighted by Gasteiger charge is 2.11. The molecule has 0 spiro atoms. The Balaban J connectivity index is 1.66. The number of nitrogens with zero attached hydrogens (tertiary/aromatic N) is 1. The molecule has 0 unspecified atom stereocenters. The first kappa shape index (κ1) is 21.7. The molecule has 1 amide bonds. The SMILES string of the molecule is O=C(N/N=C\c1cc(Cl)c(OCc2ccccc2Cl)c(Cl)c1)c1cccc(Br)c1. The first-order chi connectivity index (χ1) is 13.9. The monoisotopic (exact) mass is 510 g/mol. The molecule has 0 aliphatic carbocycles. The molecule has 0 aromatic heterocycles. The minimum Gasteiger partial charge on any atom is -0.486 e. The summed E-state index contributed by atoms with van der Waals surface area (Å²) in [6, 6.07) is 17.6. The number of nitrogens with one attached hydrogen (secondary N) is 1. The summed E-state index contributed by atoms with van der Waals surface area (Å²) in [5.74, 6) is 0.0167. The van der Waals surface area contributed by atoms with Crippen LogP contribution >= 0.6 is 50.7 Å². The van der Waals surface area contributed by atoms with E-state index in [0.29, 0.717) is 31.9 Å². The molecule has 0 radical (unpaired) electrons. The van der Waals surface area contributed by atoms with Crippen LogP contribution in [-0.4, -0.2) is 12.1 Å². The Morgan fingerprint density at radius 3 is 2.41 bits per heavy atom. The van der Waals surface area contributed by atoms with Gasteiger partial charge in [-0.3, -0.25) is 4.79 Å². The maximum absolute atomic E-state index is 12.1. The first-order valence-electron chi connectivity index (χ1n) is 8.38. The topological polar surface area (TPSA) is 50.7 Å². The van der Waals surface area contributed by atoms with Crippen molar-refractivity contribution in [3.63, 3.8) is 0 Å². The van der Waals surface area contributed by atoms with Gasteiger partial charge in [-0.05, 0) is 42.0 Å². The van der Waals surface area contributed by atoms with Crippen LogP contribution in [-0.2, 0) is 6.61 Å². The summed E-state index contributed by atoms with van der Waals surface area (Å²) in [6.45, 7) is 0.231. The average molecular weight is 513 g/mol. The lowest BCUT2D eigenvalue weighted by Gasteiger charge is -2.11. The van der Waals surface area contributed by atoms with Crippen LogP contribution in [0.5, 0.6) is 5.75 Å². The molecule has 0 aliphatic heterocycles. The van der Waals surface area contributed by atoms with Crippen LogP contribution in [0.2, 0.25) is 15.1 Å². The van der Waals surface area contributed by atoms with E-state index in [0.717, 1.165) is 10.0 Å². The lowest BCUT2D eigenvalue weighted by molar-refractivity contribution is 0.0955. The quantitative estimate of drug-likeness (QED) is 0.293. The number of hydrogen-bond donors (Lipinski definition) is 1. The van der Waals surface area contributed by atoms with E-state index in [1.807, 2.05) is 24.3 Å². The molecule has 148 valence electrons. The van der Waals surface area contributed by atoms with E-state index in [4.69, 9.17) is 39.5 Å². The van der Waals surface area contributed by atoms with E-state index in [-0.39, 0.29) is 12.5 Å². The molecule has 4 nitrogen and oxygen atoms in total. The van der Waals surface area contributed by atoms with Crippen molar-refractivity contribution in [2.45, 2.75) is 6.61 Å². The molecule has 3 rings (SSSR count). The van der Waals surface area contributed by atoms with Gasteiger partial charge < -0.3 is 4.74 Å². The van der Waals surface area contributed by atoms with Gasteiger partial charge in [0.1, 0.15) is 6.61 Å². The smallest absolute Gasteiger partial charge is 0.271 e. The van der Waals surface area contributed by atoms with Crippen LogP contribution < -0.4 is 10.2 Å². The normalized spacial score (nSPS) is 10.9. The third kappa shape index (κ3) is 5.97. The third-order valence-corrected chi connectivity index (χ3v) is 5.24. The fourth-order valence-electron chi connectivity index (χ4n) is 2.42. The van der Waals surface area contributed by atoms with Gasteiger partial charge in [-0.15, -0.1) is 0 Å². The number of hydrogen-bond acceptors (Lipinski definition) is 3. The van der Waals surface area contributed by atoms with Crippen molar-refractivity contribution in [3.8, 4) is 5.75 Å². The average Bonchev–Trinajstić information content (AvgIpc) is 2.68. The van der Waals surface area contributed by atoms with Gasteiger partial charge in [0.2, 0.25) is 0 Å². The van der Waals surface area contributed by atoms with Gasteiger partial charge >= 0.3 is 0 Å². The molecule has 0 atom stereocenters. The van der Waals surface area contributed by atoms with Crippen LogP contribution in [0.15, 0.2) is 70.2 Å². The van der Waals surface area contributed by atoms with Gasteiger partial charge in [0.25, 0.3) is 5.91 Å². The number of halogens is 4. The van der Waals surface area contributed by atoms with Gasteiger partial charge in [0.15, 0.2) is 5.75 Å². The zero-order valence-corrected chi connectivity index (χ0v) is 18.7. The van der Waals surface area contributed by atoms with Crippen molar-refractivity contribution >= 4 is 62.9 Å². The minimum atomic E-state index is -0.334. The van der Waals surface area contributed by atoms with Gasteiger partial charge in [-0.1, -0.05) is 75.0 Å². The lowest BCUT2D eigenvalue weighted by atomic mass is 10.2. The van der Waals surface area contributed by atoms with E-state index >= 15 is 0 Å². The van der Waals surface area contributed by atoms with E-state index < -0.39 is 0 Å². The van der Waals surface area contributed by atoms with Crippen LogP contribution in [0.1, 0.15) is 21.5 Å². The minimum absolute atomic E-state index is 0.231. The van der Waals surface area contributed by atoms with Crippen molar-refractivity contribution < 1.29 is 9.53 Å². The summed E-state index contributed by atoms with van der Waals surface area (Å²) in [5.41, 5.74) is 4.37. The van der Waals surface area contributed by atoms with E-state index in [9.17, 15) is 4.79 Å². The summed E-state index contributed by atoms with van der Waals surface area (Å²) < 4.78 is 6.54. The van der Waals surface area contributed by atoms with E-state index in [1.54, 1.807) is 36.4 Å². The third-order valence-electron chi connectivity index (χ3n) is 3.82. The van der Waals surface area contributed by atoms with Crippen molar-refractivity contribution in [3.05, 3.63) is 96.9 Å². The highest BCUT2D eigenvalue weighted by Crippen LogP contribution is 2.34. The summed E-state index contributed by atoms with van der Waals surface area (Å²) in [7, 11) is 0. The molecule has 0 saturated heterocycles. The molecule has 0 bridgehead atoms. The lowest BCUT2D eigenvalue weighted by Crippen LogP contribution is -2.17. The Kier molecular flexibility index (Phi) is 7.56. The van der Waals surface area contributed by atoms with Gasteiger partial charge in [0, 0.05) is 20.6 Å². The standard InChI is InChI=1S/C21H14BrCl3N2O2/c22-16-6-3-5-14(10-16)21(28)27-26-11-13-8-18(24)20(19(25)9-13)29-12-15-4-1-2-7-17(15)23/h1-11H,12H2,(H,27,28)/b26-11-. The number of carbonyl (C=O) groups is 1. The number of ether oxygens (including phenoxy) is 1. The Hall–Kier alpha value is -2.05. The molecule has 29 heavy (non-hydrogen) atoms. The molecular weight excluding hydrogens is 499 g/mol. The first-order valence-corrected chi connectivity index (χ1v) is 10.3. The summed E-state index contributed by atoms with van der Waals surface area (Å²) >= 11 is 22.1. The highest BCUT2D eigenvalue weighted by atomic mass is 79.9. The van der Waals surface area contributed by atoms with Crippen LogP contribution in [0.25, 0.3) is 0 Å². The van der Waals surface area contributed by atoms with E-state index in [1.165, 1.54) is 6.21 Å². The zero-order valence-electron chi connectivity index (χ0n) is 14.8. The predicted octanol–water partition coefficient (Wildman–Crippen LogP) is 6.75. The Bertz CT molecular complexity index is 1050. The van der Waals surface area contributed by atoms with Gasteiger partial charge in [-0.25, -0.2) is 5.43 Å². The Morgan fingerprint density at radius 1 is 1.00 bits per heavy atom. The molecular formula is C21H14BrCl3N2O2. The molecule has 3 aromatic rings. The van der Waals surface area contributed by atoms with E-state index in [2.05, 4.69) is 26.5 Å². The number of rotatable bonds is 6. The molecule has 8 heteroatoms. The second-order valence-corrected chi connectivity index (χ2v) is 8.04. The van der Waals surface area contributed by atoms with Crippen molar-refractivity contribution in [2.75, 3.05) is 0 Å². The fourth-order valence-corrected chi connectivity index (χ4v) is 3.62. The van der Waals surface area contributed by atoms with Crippen LogP contribution in [0, 0.1) is 0 Å². The van der Waals surface area contributed by atoms with Gasteiger partial charge in [0.05, 0.1) is 16.3 Å². The molecule has 0 saturated carbocycles. The molecule has 0 fully saturated rings. The van der Waals surface area contributed by atoms with Crippen molar-refractivity contribution in [1.82, 2.24) is 5.43 Å². The maximum atomic E-state index is 12.1. The van der Waals surface area contributed by atoms with Crippen LogP contribution in [0.3, 0.4) is 0 Å². The van der Waals surface area contributed by atoms with Crippen LogP contribution in [0.4, 0.5) is 0 Å². The second kappa shape index (κ2) is 10.1. The number of hydrazone groups is 1. The van der Waals surface area contributed by atoms with Crippen molar-refractivity contribution in [2.24, 2.45) is 5.10 Å². The largest absolute Gasteiger partial charge is 0.486 e. The molecule has 0 heterocycles. The van der Waals surface area contributed by atoms with Gasteiger partial charge in [-0.2, -0.15) is 5.10 Å². The van der Waals surface area contributed by atoms with Crippen molar-refractivity contribution in [1.29, 1.82) is 0 Å². The number of amides is 1. The maximum Gasteiger partial charge on any atom is 0.271 e. The second-order valence-electron chi connectivity index (χ2n) is 5.90. The predicted molar refractivity (Wildman–Crippen MR) is 121 cm³/mol. The number of carbonyl (C=O) groups excluding carboxylic acids is 1. The zero-order chi connectivity index (χ0) is 20.8. The molecule has 1 N–H and O–H groups in total. The Labute approximate surface area is 191 Å². The molecule has 3 aromatic carbocycles.